The topological polar surface area (TPSA) is 120 Å². The van der Waals surface area contributed by atoms with Gasteiger partial charge in [-0.2, -0.15) is 4.68 Å². The van der Waals surface area contributed by atoms with Crippen LogP contribution in [0.2, 0.25) is 5.02 Å². The SMILES string of the molecule is CC(=O)c1ccc(CC(=O)[C@H](Cc2ccncc2)NC(=O)/C=C/c2cc(Cl)ccc2-n2cnnn2)cc1. The van der Waals surface area contributed by atoms with Gasteiger partial charge in [0.05, 0.1) is 11.7 Å². The second-order valence-corrected chi connectivity index (χ2v) is 8.74. The minimum absolute atomic E-state index is 0.0459. The Morgan fingerprint density at radius 1 is 1.03 bits per heavy atom. The van der Waals surface area contributed by atoms with Crippen molar-refractivity contribution in [2.24, 2.45) is 0 Å². The summed E-state index contributed by atoms with van der Waals surface area (Å²) in [6.07, 6.45) is 8.06. The summed E-state index contributed by atoms with van der Waals surface area (Å²) >= 11 is 6.15. The Hall–Kier alpha value is -4.50. The minimum atomic E-state index is -0.773. The molecule has 1 N–H and O–H groups in total. The molecule has 0 bridgehead atoms. The number of nitrogens with one attached hydrogen (secondary N) is 1. The van der Waals surface area contributed by atoms with Gasteiger partial charge in [-0.25, -0.2) is 0 Å². The van der Waals surface area contributed by atoms with Crippen LogP contribution in [0.25, 0.3) is 11.8 Å². The summed E-state index contributed by atoms with van der Waals surface area (Å²) in [5.41, 5.74) is 3.45. The first-order valence-corrected chi connectivity index (χ1v) is 11.8. The Bertz CT molecular complexity index is 1420. The molecule has 1 atom stereocenters. The molecule has 0 radical (unpaired) electrons. The van der Waals surface area contributed by atoms with Crippen LogP contribution in [0.4, 0.5) is 0 Å². The molecule has 0 saturated carbocycles. The molecule has 186 valence electrons. The maximum Gasteiger partial charge on any atom is 0.244 e. The van der Waals surface area contributed by atoms with Gasteiger partial charge in [0, 0.05) is 41.0 Å². The highest BCUT2D eigenvalue weighted by Crippen LogP contribution is 2.20. The molecule has 37 heavy (non-hydrogen) atoms. The lowest BCUT2D eigenvalue weighted by Crippen LogP contribution is -2.42. The van der Waals surface area contributed by atoms with Gasteiger partial charge in [-0.05, 0) is 71.3 Å². The van der Waals surface area contributed by atoms with Crippen LogP contribution in [0.15, 0.2) is 79.4 Å². The molecule has 0 aliphatic rings. The number of aromatic nitrogens is 5. The molecular weight excluding hydrogens is 492 g/mol. The van der Waals surface area contributed by atoms with Gasteiger partial charge in [0.1, 0.15) is 6.33 Å². The van der Waals surface area contributed by atoms with Gasteiger partial charge in [0.25, 0.3) is 0 Å². The summed E-state index contributed by atoms with van der Waals surface area (Å²) in [6, 6.07) is 14.8. The lowest BCUT2D eigenvalue weighted by Gasteiger charge is -2.17. The highest BCUT2D eigenvalue weighted by atomic mass is 35.5. The van der Waals surface area contributed by atoms with Gasteiger partial charge < -0.3 is 5.32 Å². The van der Waals surface area contributed by atoms with Gasteiger partial charge in [-0.15, -0.1) is 5.10 Å². The van der Waals surface area contributed by atoms with Crippen molar-refractivity contribution in [2.75, 3.05) is 0 Å². The summed E-state index contributed by atoms with van der Waals surface area (Å²) in [4.78, 5) is 41.7. The molecular formula is C27H23ClN6O3. The number of nitrogens with zero attached hydrogens (tertiary/aromatic N) is 5. The van der Waals surface area contributed by atoms with Crippen molar-refractivity contribution in [3.63, 3.8) is 0 Å². The van der Waals surface area contributed by atoms with Gasteiger partial charge >= 0.3 is 0 Å². The maximum absolute atomic E-state index is 13.2. The average molecular weight is 515 g/mol. The number of Topliss-reactive ketones (excluding diaryl/α,β-unsaturated/α-hetero) is 2. The third-order valence-corrected chi connectivity index (χ3v) is 5.87. The van der Waals surface area contributed by atoms with E-state index in [0.29, 0.717) is 28.3 Å². The minimum Gasteiger partial charge on any atom is -0.342 e. The second kappa shape index (κ2) is 12.0. The molecule has 4 aromatic rings. The number of amides is 1. The van der Waals surface area contributed by atoms with Crippen molar-refractivity contribution in [3.05, 3.63) is 107 Å². The zero-order chi connectivity index (χ0) is 26.2. The molecule has 2 aromatic heterocycles. The summed E-state index contributed by atoms with van der Waals surface area (Å²) in [5.74, 6) is -0.649. The third-order valence-electron chi connectivity index (χ3n) is 5.63. The van der Waals surface area contributed by atoms with Crippen molar-refractivity contribution < 1.29 is 14.4 Å². The van der Waals surface area contributed by atoms with Gasteiger partial charge in [-0.1, -0.05) is 35.9 Å². The number of carbonyl (C=O) groups excluding carboxylic acids is 3. The number of halogens is 1. The number of benzene rings is 2. The molecule has 2 aromatic carbocycles. The molecule has 0 fully saturated rings. The van der Waals surface area contributed by atoms with Crippen LogP contribution in [0, 0.1) is 0 Å². The summed E-state index contributed by atoms with van der Waals surface area (Å²) in [6.45, 7) is 1.49. The van der Waals surface area contributed by atoms with E-state index in [-0.39, 0.29) is 18.0 Å². The normalized spacial score (nSPS) is 11.8. The summed E-state index contributed by atoms with van der Waals surface area (Å²) in [7, 11) is 0. The first kappa shape index (κ1) is 25.6. The lowest BCUT2D eigenvalue weighted by atomic mass is 9.97. The summed E-state index contributed by atoms with van der Waals surface area (Å²) in [5, 5.41) is 14.5. The molecule has 0 spiro atoms. The highest BCUT2D eigenvalue weighted by Gasteiger charge is 2.21. The number of hydrogen-bond donors (Lipinski definition) is 1. The fourth-order valence-electron chi connectivity index (χ4n) is 3.71. The fraction of sp³-hybridized carbons (Fsp3) is 0.148. The Morgan fingerprint density at radius 2 is 1.78 bits per heavy atom. The Labute approximate surface area is 218 Å². The van der Waals surface area contributed by atoms with Crippen LogP contribution in [-0.2, 0) is 22.4 Å². The van der Waals surface area contributed by atoms with E-state index in [1.165, 1.54) is 24.0 Å². The van der Waals surface area contributed by atoms with Gasteiger partial charge in [0.2, 0.25) is 5.91 Å². The molecule has 2 heterocycles. The van der Waals surface area contributed by atoms with Gasteiger partial charge in [0.15, 0.2) is 11.6 Å². The first-order valence-electron chi connectivity index (χ1n) is 11.4. The molecule has 0 aliphatic heterocycles. The van der Waals surface area contributed by atoms with Crippen molar-refractivity contribution >= 4 is 35.2 Å². The van der Waals surface area contributed by atoms with Crippen molar-refractivity contribution in [1.82, 2.24) is 30.5 Å². The predicted octanol–water partition coefficient (Wildman–Crippen LogP) is 3.47. The quantitative estimate of drug-likeness (QED) is 0.254. The van der Waals surface area contributed by atoms with E-state index >= 15 is 0 Å². The predicted molar refractivity (Wildman–Crippen MR) is 138 cm³/mol. The smallest absolute Gasteiger partial charge is 0.244 e. The van der Waals surface area contributed by atoms with Crippen LogP contribution in [0.1, 0.15) is 34.0 Å². The van der Waals surface area contributed by atoms with Crippen LogP contribution in [0.5, 0.6) is 0 Å². The molecule has 1 amide bonds. The number of pyridine rings is 1. The number of rotatable bonds is 10. The number of tetrazole rings is 1. The zero-order valence-electron chi connectivity index (χ0n) is 19.9. The molecule has 0 saturated heterocycles. The Balaban J connectivity index is 1.51. The molecule has 4 rings (SSSR count). The average Bonchev–Trinajstić information content (AvgIpc) is 3.43. The van der Waals surface area contributed by atoms with Crippen molar-refractivity contribution in [3.8, 4) is 5.69 Å². The standard InChI is InChI=1S/C27H23ClN6O3/c1-18(35)21-4-2-19(3-5-21)15-26(36)24(14-20-10-12-29-13-11-20)31-27(37)9-6-22-16-23(28)7-8-25(22)34-17-30-32-33-34/h2-13,16-17,24H,14-15H2,1H3,(H,31,37)/b9-6+/t24-/m0/s1. The zero-order valence-corrected chi connectivity index (χ0v) is 20.7. The van der Waals surface area contributed by atoms with E-state index in [0.717, 1.165) is 11.1 Å². The van der Waals surface area contributed by atoms with Crippen LogP contribution < -0.4 is 5.32 Å². The second-order valence-electron chi connectivity index (χ2n) is 8.31. The number of hydrogen-bond acceptors (Lipinski definition) is 7. The first-order chi connectivity index (χ1) is 17.9. The monoisotopic (exact) mass is 514 g/mol. The van der Waals surface area contributed by atoms with E-state index < -0.39 is 11.9 Å². The molecule has 0 aliphatic carbocycles. The molecule has 9 nitrogen and oxygen atoms in total. The maximum atomic E-state index is 13.2. The van der Waals surface area contributed by atoms with Gasteiger partial charge in [-0.3, -0.25) is 19.4 Å². The highest BCUT2D eigenvalue weighted by molar-refractivity contribution is 6.30. The lowest BCUT2D eigenvalue weighted by molar-refractivity contribution is -0.125. The number of ketones is 2. The van der Waals surface area contributed by atoms with E-state index in [9.17, 15) is 14.4 Å². The van der Waals surface area contributed by atoms with E-state index in [4.69, 9.17) is 11.6 Å². The number of carbonyl (C=O) groups is 3. The Kier molecular flexibility index (Phi) is 8.27. The fourth-order valence-corrected chi connectivity index (χ4v) is 3.89. The van der Waals surface area contributed by atoms with Crippen molar-refractivity contribution in [1.29, 1.82) is 0 Å². The van der Waals surface area contributed by atoms with Crippen LogP contribution >= 0.6 is 11.6 Å². The third kappa shape index (κ3) is 7.02. The summed E-state index contributed by atoms with van der Waals surface area (Å²) < 4.78 is 1.46. The van der Waals surface area contributed by atoms with E-state index in [2.05, 4.69) is 25.8 Å². The van der Waals surface area contributed by atoms with E-state index in [1.807, 2.05) is 0 Å². The largest absolute Gasteiger partial charge is 0.342 e. The van der Waals surface area contributed by atoms with Crippen molar-refractivity contribution in [2.45, 2.75) is 25.8 Å². The Morgan fingerprint density at radius 3 is 2.46 bits per heavy atom. The van der Waals surface area contributed by atoms with E-state index in [1.54, 1.807) is 73.1 Å². The van der Waals surface area contributed by atoms with Crippen LogP contribution in [0.3, 0.4) is 0 Å². The molecule has 10 heteroatoms. The van der Waals surface area contributed by atoms with Crippen LogP contribution in [-0.4, -0.2) is 48.7 Å². The molecule has 0 unspecified atom stereocenters.